The molecule has 0 unspecified atom stereocenters. The van der Waals surface area contributed by atoms with E-state index >= 15 is 0 Å². The summed E-state index contributed by atoms with van der Waals surface area (Å²) >= 11 is 5.24. The lowest BCUT2D eigenvalue weighted by Gasteiger charge is -2.11. The lowest BCUT2D eigenvalue weighted by Crippen LogP contribution is -2.36. The first-order chi connectivity index (χ1) is 16.1. The predicted octanol–water partition coefficient (Wildman–Crippen LogP) is 3.07. The van der Waals surface area contributed by atoms with Crippen molar-refractivity contribution in [1.82, 2.24) is 25.5 Å². The lowest BCUT2D eigenvalue weighted by molar-refractivity contribution is 0.0734. The Kier molecular flexibility index (Phi) is 6.76. The van der Waals surface area contributed by atoms with Gasteiger partial charge < -0.3 is 10.1 Å². The number of nitrogens with zero attached hydrogens (tertiary/aromatic N) is 4. The third-order valence-electron chi connectivity index (χ3n) is 4.45. The number of esters is 1. The Labute approximate surface area is 194 Å². The van der Waals surface area contributed by atoms with Crippen LogP contribution in [0.15, 0.2) is 84.9 Å². The van der Waals surface area contributed by atoms with Gasteiger partial charge in [0.15, 0.2) is 5.11 Å². The molecule has 33 heavy (non-hydrogen) atoms. The van der Waals surface area contributed by atoms with E-state index in [4.69, 9.17) is 17.0 Å². The Morgan fingerprint density at radius 1 is 0.939 bits per heavy atom. The second-order valence-corrected chi connectivity index (χ2v) is 7.25. The molecule has 0 saturated heterocycles. The van der Waals surface area contributed by atoms with E-state index in [-0.39, 0.29) is 10.9 Å². The summed E-state index contributed by atoms with van der Waals surface area (Å²) in [6, 6.07) is 24.8. The molecule has 3 aromatic carbocycles. The molecular formula is C23H18N6O3S. The molecule has 164 valence electrons. The summed E-state index contributed by atoms with van der Waals surface area (Å²) < 4.78 is 6.78. The molecule has 4 rings (SSSR count). The van der Waals surface area contributed by atoms with Crippen molar-refractivity contribution in [3.05, 3.63) is 102 Å². The van der Waals surface area contributed by atoms with E-state index in [1.165, 1.54) is 4.68 Å². The quantitative estimate of drug-likeness (QED) is 0.258. The number of carbonyl (C=O) groups excluding carboxylic acids is 2. The molecule has 9 nitrogen and oxygen atoms in total. The van der Waals surface area contributed by atoms with Crippen LogP contribution in [0.5, 0.6) is 5.75 Å². The number of anilines is 1. The van der Waals surface area contributed by atoms with Gasteiger partial charge in [0, 0.05) is 11.8 Å². The molecule has 4 aromatic rings. The van der Waals surface area contributed by atoms with Crippen LogP contribution in [0.4, 0.5) is 5.69 Å². The number of carbonyl (C=O) groups is 2. The van der Waals surface area contributed by atoms with Crippen molar-refractivity contribution < 1.29 is 14.3 Å². The molecule has 0 aliphatic heterocycles. The van der Waals surface area contributed by atoms with Crippen LogP contribution in [0.1, 0.15) is 26.5 Å². The Hall–Kier alpha value is -4.44. The van der Waals surface area contributed by atoms with E-state index in [1.807, 2.05) is 36.4 Å². The molecule has 0 spiro atoms. The van der Waals surface area contributed by atoms with Gasteiger partial charge in [-0.2, -0.15) is 0 Å². The zero-order chi connectivity index (χ0) is 23.0. The molecule has 0 aliphatic rings. The maximum Gasteiger partial charge on any atom is 0.343 e. The average Bonchev–Trinajstić information content (AvgIpc) is 3.29. The summed E-state index contributed by atoms with van der Waals surface area (Å²) in [6.07, 6.45) is 0. The van der Waals surface area contributed by atoms with Crippen molar-refractivity contribution in [1.29, 1.82) is 0 Å². The van der Waals surface area contributed by atoms with Crippen molar-refractivity contribution in [2.24, 2.45) is 0 Å². The number of rotatable bonds is 6. The summed E-state index contributed by atoms with van der Waals surface area (Å²) in [5.41, 5.74) is 1.91. The first-order valence-corrected chi connectivity index (χ1v) is 10.3. The van der Waals surface area contributed by atoms with E-state index in [2.05, 4.69) is 26.2 Å². The molecule has 0 aliphatic carbocycles. The molecule has 1 aromatic heterocycles. The molecule has 0 radical (unpaired) electrons. The standard InChI is InChI=1S/C23H18N6O3S/c30-21(20-26-27-28-29(20)15-16-8-3-1-4-9-16)25-23(33)24-18-12-7-13-19(14-18)32-22(31)17-10-5-2-6-11-17/h1-14H,15H2,(H2,24,25,30,33). The van der Waals surface area contributed by atoms with Crippen LogP contribution in [0, 0.1) is 0 Å². The molecular weight excluding hydrogens is 440 g/mol. The maximum atomic E-state index is 12.6. The fourth-order valence-electron chi connectivity index (χ4n) is 2.93. The number of ether oxygens (including phenoxy) is 1. The van der Waals surface area contributed by atoms with E-state index in [0.29, 0.717) is 23.5 Å². The zero-order valence-electron chi connectivity index (χ0n) is 17.2. The van der Waals surface area contributed by atoms with E-state index < -0.39 is 11.9 Å². The highest BCUT2D eigenvalue weighted by Gasteiger charge is 2.17. The van der Waals surface area contributed by atoms with Crippen molar-refractivity contribution in [2.45, 2.75) is 6.54 Å². The topological polar surface area (TPSA) is 111 Å². The molecule has 0 atom stereocenters. The van der Waals surface area contributed by atoms with Crippen molar-refractivity contribution in [3.63, 3.8) is 0 Å². The van der Waals surface area contributed by atoms with Crippen molar-refractivity contribution in [2.75, 3.05) is 5.32 Å². The Balaban J connectivity index is 1.37. The van der Waals surface area contributed by atoms with Gasteiger partial charge in [-0.05, 0) is 52.5 Å². The van der Waals surface area contributed by atoms with Gasteiger partial charge in [-0.3, -0.25) is 10.1 Å². The molecule has 2 N–H and O–H groups in total. The predicted molar refractivity (Wildman–Crippen MR) is 125 cm³/mol. The van der Waals surface area contributed by atoms with E-state index in [0.717, 1.165) is 5.56 Å². The van der Waals surface area contributed by atoms with E-state index in [1.54, 1.807) is 48.5 Å². The summed E-state index contributed by atoms with van der Waals surface area (Å²) in [6.45, 7) is 0.339. The van der Waals surface area contributed by atoms with Crippen molar-refractivity contribution in [3.8, 4) is 5.75 Å². The van der Waals surface area contributed by atoms with Gasteiger partial charge >= 0.3 is 5.97 Å². The summed E-state index contributed by atoms with van der Waals surface area (Å²) in [4.78, 5) is 24.9. The number of tetrazole rings is 1. The van der Waals surface area contributed by atoms with Crippen LogP contribution in [0.3, 0.4) is 0 Å². The number of aromatic nitrogens is 4. The first kappa shape index (κ1) is 21.8. The van der Waals surface area contributed by atoms with Gasteiger partial charge in [-0.1, -0.05) is 54.6 Å². The SMILES string of the molecule is O=C(Oc1cccc(NC(=S)NC(=O)c2nnnn2Cc2ccccc2)c1)c1ccccc1. The molecule has 0 bridgehead atoms. The summed E-state index contributed by atoms with van der Waals surface area (Å²) in [7, 11) is 0. The van der Waals surface area contributed by atoms with Gasteiger partial charge in [-0.15, -0.1) is 5.10 Å². The molecule has 0 saturated carbocycles. The van der Waals surface area contributed by atoms with Crippen LogP contribution < -0.4 is 15.4 Å². The highest BCUT2D eigenvalue weighted by molar-refractivity contribution is 7.80. The summed E-state index contributed by atoms with van der Waals surface area (Å²) in [5.74, 6) is -0.683. The van der Waals surface area contributed by atoms with Crippen LogP contribution in [0.25, 0.3) is 0 Å². The van der Waals surface area contributed by atoms with E-state index in [9.17, 15) is 9.59 Å². The van der Waals surface area contributed by atoms with Crippen LogP contribution >= 0.6 is 12.2 Å². The largest absolute Gasteiger partial charge is 0.423 e. The molecule has 10 heteroatoms. The fourth-order valence-corrected chi connectivity index (χ4v) is 3.14. The highest BCUT2D eigenvalue weighted by atomic mass is 32.1. The Morgan fingerprint density at radius 2 is 1.67 bits per heavy atom. The number of thiocarbonyl (C=S) groups is 1. The second-order valence-electron chi connectivity index (χ2n) is 6.84. The smallest absolute Gasteiger partial charge is 0.343 e. The normalized spacial score (nSPS) is 10.3. The van der Waals surface area contributed by atoms with Gasteiger partial charge in [0.25, 0.3) is 5.91 Å². The zero-order valence-corrected chi connectivity index (χ0v) is 18.0. The number of hydrogen-bond acceptors (Lipinski definition) is 7. The van der Waals surface area contributed by atoms with Crippen LogP contribution in [-0.4, -0.2) is 37.2 Å². The van der Waals surface area contributed by atoms with Crippen LogP contribution in [0.2, 0.25) is 0 Å². The minimum atomic E-state index is -0.555. The monoisotopic (exact) mass is 458 g/mol. The molecule has 0 fully saturated rings. The number of hydrogen-bond donors (Lipinski definition) is 2. The molecule has 1 amide bonds. The third-order valence-corrected chi connectivity index (χ3v) is 4.65. The average molecular weight is 459 g/mol. The molecule has 1 heterocycles. The number of amides is 1. The van der Waals surface area contributed by atoms with Gasteiger partial charge in [0.2, 0.25) is 5.82 Å². The Bertz CT molecular complexity index is 1280. The number of benzene rings is 3. The Morgan fingerprint density at radius 3 is 2.42 bits per heavy atom. The highest BCUT2D eigenvalue weighted by Crippen LogP contribution is 2.18. The number of nitrogens with one attached hydrogen (secondary N) is 2. The minimum Gasteiger partial charge on any atom is -0.423 e. The van der Waals surface area contributed by atoms with Gasteiger partial charge in [0.1, 0.15) is 5.75 Å². The fraction of sp³-hybridized carbons (Fsp3) is 0.0435. The first-order valence-electron chi connectivity index (χ1n) is 9.88. The second kappa shape index (κ2) is 10.2. The van der Waals surface area contributed by atoms with Crippen molar-refractivity contribution >= 4 is 34.9 Å². The van der Waals surface area contributed by atoms with Gasteiger partial charge in [-0.25, -0.2) is 9.48 Å². The van der Waals surface area contributed by atoms with Crippen LogP contribution in [-0.2, 0) is 6.54 Å². The minimum absolute atomic E-state index is 0.0218. The third kappa shape index (κ3) is 5.83. The maximum absolute atomic E-state index is 12.6. The summed E-state index contributed by atoms with van der Waals surface area (Å²) in [5, 5.41) is 16.7. The van der Waals surface area contributed by atoms with Gasteiger partial charge in [0.05, 0.1) is 12.1 Å². The lowest BCUT2D eigenvalue weighted by atomic mass is 10.2.